The molecule has 1 heteroatoms. The van der Waals surface area contributed by atoms with Crippen molar-refractivity contribution >= 4 is 0 Å². The minimum atomic E-state index is 0.254. The number of nitrogens with one attached hydrogen (secondary N) is 1. The molecule has 0 radical (unpaired) electrons. The van der Waals surface area contributed by atoms with Crippen LogP contribution in [0.4, 0.5) is 0 Å². The summed E-state index contributed by atoms with van der Waals surface area (Å²) in [6.45, 7) is 8.01. The van der Waals surface area contributed by atoms with Gasteiger partial charge in [0.2, 0.25) is 0 Å². The van der Waals surface area contributed by atoms with Crippen molar-refractivity contribution in [1.29, 1.82) is 0 Å². The normalized spacial score (nSPS) is 11.7. The Labute approximate surface area is 107 Å². The SMILES string of the molecule is CCCCCNC(C)(C)CCc1ccccc1. The lowest BCUT2D eigenvalue weighted by Gasteiger charge is -2.26. The lowest BCUT2D eigenvalue weighted by atomic mass is 9.95. The van der Waals surface area contributed by atoms with Gasteiger partial charge in [-0.3, -0.25) is 0 Å². The first-order chi connectivity index (χ1) is 8.14. The Morgan fingerprint density at radius 2 is 1.76 bits per heavy atom. The maximum Gasteiger partial charge on any atom is 0.0128 e. The maximum atomic E-state index is 3.66. The van der Waals surface area contributed by atoms with E-state index in [1.807, 2.05) is 0 Å². The first-order valence-electron chi connectivity index (χ1n) is 6.93. The molecule has 0 aliphatic heterocycles. The van der Waals surface area contributed by atoms with Crippen molar-refractivity contribution < 1.29 is 0 Å². The number of rotatable bonds is 8. The highest BCUT2D eigenvalue weighted by molar-refractivity contribution is 5.15. The molecule has 0 saturated carbocycles. The topological polar surface area (TPSA) is 12.0 Å². The third-order valence-electron chi connectivity index (χ3n) is 3.27. The zero-order chi connectivity index (χ0) is 12.6. The van der Waals surface area contributed by atoms with Crippen molar-refractivity contribution in [2.45, 2.75) is 58.4 Å². The van der Waals surface area contributed by atoms with Crippen LogP contribution in [0.1, 0.15) is 52.0 Å². The standard InChI is InChI=1S/C16H27N/c1-4-5-9-14-17-16(2,3)13-12-15-10-7-6-8-11-15/h6-8,10-11,17H,4-5,9,12-14H2,1-3H3. The quantitative estimate of drug-likeness (QED) is 0.664. The van der Waals surface area contributed by atoms with Gasteiger partial charge in [0.1, 0.15) is 0 Å². The van der Waals surface area contributed by atoms with Crippen LogP contribution in [0.3, 0.4) is 0 Å². The number of benzene rings is 1. The highest BCUT2D eigenvalue weighted by atomic mass is 14.9. The van der Waals surface area contributed by atoms with Crippen molar-refractivity contribution in [2.75, 3.05) is 6.54 Å². The molecule has 0 aliphatic carbocycles. The van der Waals surface area contributed by atoms with E-state index in [2.05, 4.69) is 56.4 Å². The minimum absolute atomic E-state index is 0.254. The Bertz CT molecular complexity index is 290. The van der Waals surface area contributed by atoms with Gasteiger partial charge in [0.25, 0.3) is 0 Å². The third-order valence-corrected chi connectivity index (χ3v) is 3.27. The van der Waals surface area contributed by atoms with Crippen molar-refractivity contribution in [3.63, 3.8) is 0 Å². The van der Waals surface area contributed by atoms with Crippen LogP contribution in [0.15, 0.2) is 30.3 Å². The summed E-state index contributed by atoms with van der Waals surface area (Å²) >= 11 is 0. The Balaban J connectivity index is 2.24. The monoisotopic (exact) mass is 233 g/mol. The van der Waals surface area contributed by atoms with Crippen LogP contribution in [0.25, 0.3) is 0 Å². The van der Waals surface area contributed by atoms with E-state index in [0.29, 0.717) is 0 Å². The molecule has 1 nitrogen and oxygen atoms in total. The summed E-state index contributed by atoms with van der Waals surface area (Å²) in [5.74, 6) is 0. The summed E-state index contributed by atoms with van der Waals surface area (Å²) in [6, 6.07) is 10.8. The molecule has 0 spiro atoms. The molecule has 0 amide bonds. The van der Waals surface area contributed by atoms with Gasteiger partial charge in [-0.25, -0.2) is 0 Å². The second-order valence-electron chi connectivity index (χ2n) is 5.50. The van der Waals surface area contributed by atoms with E-state index in [-0.39, 0.29) is 5.54 Å². The van der Waals surface area contributed by atoms with Gasteiger partial charge in [-0.15, -0.1) is 0 Å². The molecule has 1 rings (SSSR count). The van der Waals surface area contributed by atoms with E-state index in [9.17, 15) is 0 Å². The van der Waals surface area contributed by atoms with E-state index >= 15 is 0 Å². The molecular formula is C16H27N. The summed E-state index contributed by atoms with van der Waals surface area (Å²) in [7, 11) is 0. The Morgan fingerprint density at radius 1 is 1.06 bits per heavy atom. The predicted octanol–water partition coefficient (Wildman–Crippen LogP) is 4.18. The molecule has 17 heavy (non-hydrogen) atoms. The fraction of sp³-hybridized carbons (Fsp3) is 0.625. The summed E-state index contributed by atoms with van der Waals surface area (Å²) in [5.41, 5.74) is 1.69. The van der Waals surface area contributed by atoms with E-state index in [0.717, 1.165) is 13.0 Å². The molecule has 0 fully saturated rings. The first kappa shape index (κ1) is 14.2. The summed E-state index contributed by atoms with van der Waals surface area (Å²) in [4.78, 5) is 0. The van der Waals surface area contributed by atoms with E-state index in [1.54, 1.807) is 0 Å². The fourth-order valence-corrected chi connectivity index (χ4v) is 1.99. The summed E-state index contributed by atoms with van der Waals surface area (Å²) < 4.78 is 0. The van der Waals surface area contributed by atoms with Crippen molar-refractivity contribution in [3.05, 3.63) is 35.9 Å². The molecule has 0 aliphatic rings. The maximum absolute atomic E-state index is 3.66. The summed E-state index contributed by atoms with van der Waals surface area (Å²) in [5, 5.41) is 3.66. The lowest BCUT2D eigenvalue weighted by Crippen LogP contribution is -2.40. The molecule has 0 saturated heterocycles. The fourth-order valence-electron chi connectivity index (χ4n) is 1.99. The predicted molar refractivity (Wildman–Crippen MR) is 76.4 cm³/mol. The largest absolute Gasteiger partial charge is 0.312 e. The molecular weight excluding hydrogens is 206 g/mol. The van der Waals surface area contributed by atoms with Crippen LogP contribution >= 0.6 is 0 Å². The van der Waals surface area contributed by atoms with Crippen LogP contribution in [0, 0.1) is 0 Å². The highest BCUT2D eigenvalue weighted by Gasteiger charge is 2.15. The molecule has 1 aromatic carbocycles. The Hall–Kier alpha value is -0.820. The molecule has 1 aromatic rings. The van der Waals surface area contributed by atoms with Gasteiger partial charge < -0.3 is 5.32 Å². The van der Waals surface area contributed by atoms with Crippen LogP contribution < -0.4 is 5.32 Å². The van der Waals surface area contributed by atoms with E-state index < -0.39 is 0 Å². The van der Waals surface area contributed by atoms with Gasteiger partial charge in [0, 0.05) is 5.54 Å². The van der Waals surface area contributed by atoms with Crippen LogP contribution in [-0.4, -0.2) is 12.1 Å². The number of unbranched alkanes of at least 4 members (excludes halogenated alkanes) is 2. The smallest absolute Gasteiger partial charge is 0.0128 e. The molecule has 0 heterocycles. The van der Waals surface area contributed by atoms with Crippen LogP contribution in [-0.2, 0) is 6.42 Å². The van der Waals surface area contributed by atoms with Gasteiger partial charge in [-0.1, -0.05) is 50.1 Å². The zero-order valence-electron chi connectivity index (χ0n) is 11.6. The molecule has 0 atom stereocenters. The summed E-state index contributed by atoms with van der Waals surface area (Å²) in [6.07, 6.45) is 6.29. The first-order valence-corrected chi connectivity index (χ1v) is 6.93. The molecule has 0 aromatic heterocycles. The van der Waals surface area contributed by atoms with Crippen LogP contribution in [0.2, 0.25) is 0 Å². The second kappa shape index (κ2) is 7.50. The zero-order valence-corrected chi connectivity index (χ0v) is 11.6. The van der Waals surface area contributed by atoms with Gasteiger partial charge in [-0.2, -0.15) is 0 Å². The Morgan fingerprint density at radius 3 is 2.41 bits per heavy atom. The number of hydrogen-bond donors (Lipinski definition) is 1. The molecule has 1 N–H and O–H groups in total. The van der Waals surface area contributed by atoms with Crippen LogP contribution in [0.5, 0.6) is 0 Å². The van der Waals surface area contributed by atoms with E-state index in [1.165, 1.54) is 31.2 Å². The minimum Gasteiger partial charge on any atom is -0.312 e. The van der Waals surface area contributed by atoms with Crippen molar-refractivity contribution in [3.8, 4) is 0 Å². The van der Waals surface area contributed by atoms with Gasteiger partial charge >= 0.3 is 0 Å². The Kier molecular flexibility index (Phi) is 6.28. The molecule has 96 valence electrons. The van der Waals surface area contributed by atoms with Gasteiger partial charge in [-0.05, 0) is 45.2 Å². The lowest BCUT2D eigenvalue weighted by molar-refractivity contribution is 0.358. The highest BCUT2D eigenvalue weighted by Crippen LogP contribution is 2.13. The van der Waals surface area contributed by atoms with Crippen molar-refractivity contribution in [2.24, 2.45) is 0 Å². The van der Waals surface area contributed by atoms with Gasteiger partial charge in [0.05, 0.1) is 0 Å². The second-order valence-corrected chi connectivity index (χ2v) is 5.50. The van der Waals surface area contributed by atoms with Crippen molar-refractivity contribution in [1.82, 2.24) is 5.32 Å². The number of hydrogen-bond acceptors (Lipinski definition) is 1. The average molecular weight is 233 g/mol. The van der Waals surface area contributed by atoms with Gasteiger partial charge in [0.15, 0.2) is 0 Å². The average Bonchev–Trinajstić information content (AvgIpc) is 2.34. The molecule has 0 bridgehead atoms. The van der Waals surface area contributed by atoms with E-state index in [4.69, 9.17) is 0 Å². The third kappa shape index (κ3) is 6.48. The number of aryl methyl sites for hydroxylation is 1. The molecule has 0 unspecified atom stereocenters.